The van der Waals surface area contributed by atoms with Gasteiger partial charge in [0.1, 0.15) is 5.60 Å². The monoisotopic (exact) mass is 308 g/mol. The lowest BCUT2D eigenvalue weighted by Gasteiger charge is -2.23. The SMILES string of the molecule is CC(Cn1ccnc1)NC(=O)NCC(C)(O)c1ccsc1. The third-order valence-corrected chi connectivity index (χ3v) is 3.84. The second kappa shape index (κ2) is 6.73. The van der Waals surface area contributed by atoms with Crippen LogP contribution in [0.15, 0.2) is 35.5 Å². The van der Waals surface area contributed by atoms with E-state index in [4.69, 9.17) is 0 Å². The highest BCUT2D eigenvalue weighted by Crippen LogP contribution is 2.21. The number of rotatable bonds is 6. The van der Waals surface area contributed by atoms with Crippen molar-refractivity contribution >= 4 is 17.4 Å². The molecule has 2 heterocycles. The van der Waals surface area contributed by atoms with Crippen molar-refractivity contribution in [2.24, 2.45) is 0 Å². The third-order valence-electron chi connectivity index (χ3n) is 3.16. The summed E-state index contributed by atoms with van der Waals surface area (Å²) in [4.78, 5) is 15.8. The van der Waals surface area contributed by atoms with E-state index >= 15 is 0 Å². The Bertz CT molecular complexity index is 552. The standard InChI is InChI=1S/C14H20N4O2S/c1-11(7-18-5-4-15-10-18)17-13(19)16-9-14(2,20)12-3-6-21-8-12/h3-6,8,10-11,20H,7,9H2,1-2H3,(H2,16,17,19). The number of carbonyl (C=O) groups excluding carboxylic acids is 1. The predicted molar refractivity (Wildman–Crippen MR) is 82.1 cm³/mol. The Hall–Kier alpha value is -1.86. The van der Waals surface area contributed by atoms with E-state index in [2.05, 4.69) is 15.6 Å². The van der Waals surface area contributed by atoms with Gasteiger partial charge in [-0.15, -0.1) is 0 Å². The highest BCUT2D eigenvalue weighted by Gasteiger charge is 2.24. The summed E-state index contributed by atoms with van der Waals surface area (Å²) < 4.78 is 1.90. The molecule has 6 nitrogen and oxygen atoms in total. The molecule has 2 atom stereocenters. The number of imidazole rings is 1. The minimum atomic E-state index is -1.06. The van der Waals surface area contributed by atoms with Gasteiger partial charge in [-0.1, -0.05) is 0 Å². The van der Waals surface area contributed by atoms with Crippen molar-refractivity contribution in [2.75, 3.05) is 6.54 Å². The Kier molecular flexibility index (Phi) is 4.98. The summed E-state index contributed by atoms with van der Waals surface area (Å²) in [6.07, 6.45) is 5.25. The number of aromatic nitrogens is 2. The van der Waals surface area contributed by atoms with E-state index in [9.17, 15) is 9.90 Å². The van der Waals surface area contributed by atoms with E-state index < -0.39 is 5.60 Å². The van der Waals surface area contributed by atoms with Gasteiger partial charge in [0.15, 0.2) is 0 Å². The van der Waals surface area contributed by atoms with Crippen molar-refractivity contribution in [2.45, 2.75) is 32.0 Å². The molecule has 2 unspecified atom stereocenters. The molecule has 0 fully saturated rings. The minimum Gasteiger partial charge on any atom is -0.384 e. The first kappa shape index (κ1) is 15.5. The summed E-state index contributed by atoms with van der Waals surface area (Å²) >= 11 is 1.52. The van der Waals surface area contributed by atoms with Gasteiger partial charge in [0.05, 0.1) is 12.9 Å². The van der Waals surface area contributed by atoms with E-state index in [1.165, 1.54) is 11.3 Å². The molecule has 0 saturated heterocycles. The molecule has 21 heavy (non-hydrogen) atoms. The fourth-order valence-electron chi connectivity index (χ4n) is 1.96. The van der Waals surface area contributed by atoms with Crippen molar-refractivity contribution in [3.05, 3.63) is 41.1 Å². The Morgan fingerprint density at radius 2 is 2.43 bits per heavy atom. The van der Waals surface area contributed by atoms with Crippen LogP contribution in [-0.2, 0) is 12.1 Å². The van der Waals surface area contributed by atoms with Gasteiger partial charge in [0.25, 0.3) is 0 Å². The summed E-state index contributed by atoms with van der Waals surface area (Å²) in [7, 11) is 0. The molecular formula is C14H20N4O2S. The van der Waals surface area contributed by atoms with E-state index in [-0.39, 0.29) is 18.6 Å². The van der Waals surface area contributed by atoms with Gasteiger partial charge in [0.2, 0.25) is 0 Å². The third kappa shape index (κ3) is 4.57. The molecule has 2 amide bonds. The zero-order chi connectivity index (χ0) is 15.3. The first-order valence-corrected chi connectivity index (χ1v) is 7.67. The number of hydrogen-bond donors (Lipinski definition) is 3. The zero-order valence-corrected chi connectivity index (χ0v) is 12.9. The molecule has 2 aromatic heterocycles. The molecule has 0 aliphatic carbocycles. The molecule has 2 aromatic rings. The number of urea groups is 1. The van der Waals surface area contributed by atoms with Gasteiger partial charge in [-0.25, -0.2) is 9.78 Å². The van der Waals surface area contributed by atoms with Crippen LogP contribution in [0.3, 0.4) is 0 Å². The number of thiophene rings is 1. The summed E-state index contributed by atoms with van der Waals surface area (Å²) in [6.45, 7) is 4.41. The molecule has 0 aliphatic rings. The summed E-state index contributed by atoms with van der Waals surface area (Å²) in [5.41, 5.74) is -0.260. The molecule has 2 rings (SSSR count). The summed E-state index contributed by atoms with van der Waals surface area (Å²) in [5.74, 6) is 0. The van der Waals surface area contributed by atoms with Crippen LogP contribution in [0.2, 0.25) is 0 Å². The second-order valence-corrected chi connectivity index (χ2v) is 6.05. The topological polar surface area (TPSA) is 79.2 Å². The molecular weight excluding hydrogens is 288 g/mol. The first-order chi connectivity index (χ1) is 9.97. The van der Waals surface area contributed by atoms with Crippen LogP contribution in [0, 0.1) is 0 Å². The molecule has 0 aromatic carbocycles. The quantitative estimate of drug-likeness (QED) is 0.757. The van der Waals surface area contributed by atoms with Crippen LogP contribution in [0.4, 0.5) is 4.79 Å². The van der Waals surface area contributed by atoms with Crippen LogP contribution in [-0.4, -0.2) is 33.3 Å². The zero-order valence-electron chi connectivity index (χ0n) is 12.1. The normalized spacial score (nSPS) is 15.2. The number of aliphatic hydroxyl groups is 1. The Labute approximate surface area is 127 Å². The summed E-state index contributed by atoms with van der Waals surface area (Å²) in [6, 6.07) is 1.52. The van der Waals surface area contributed by atoms with Crippen molar-refractivity contribution in [1.29, 1.82) is 0 Å². The lowest BCUT2D eigenvalue weighted by molar-refractivity contribution is 0.0597. The molecule has 114 valence electrons. The van der Waals surface area contributed by atoms with Gasteiger partial charge in [0, 0.05) is 25.0 Å². The highest BCUT2D eigenvalue weighted by atomic mass is 32.1. The first-order valence-electron chi connectivity index (χ1n) is 6.72. The minimum absolute atomic E-state index is 0.0368. The average molecular weight is 308 g/mol. The maximum absolute atomic E-state index is 11.8. The van der Waals surface area contributed by atoms with Crippen molar-refractivity contribution < 1.29 is 9.90 Å². The lowest BCUT2D eigenvalue weighted by Crippen LogP contribution is -2.46. The largest absolute Gasteiger partial charge is 0.384 e. The molecule has 0 saturated carbocycles. The van der Waals surface area contributed by atoms with E-state index in [0.717, 1.165) is 5.56 Å². The Balaban J connectivity index is 1.77. The number of amides is 2. The van der Waals surface area contributed by atoms with E-state index in [0.29, 0.717) is 6.54 Å². The van der Waals surface area contributed by atoms with Crippen LogP contribution in [0.5, 0.6) is 0 Å². The maximum atomic E-state index is 11.8. The Morgan fingerprint density at radius 1 is 1.62 bits per heavy atom. The predicted octanol–water partition coefficient (Wildman–Crippen LogP) is 1.54. The number of nitrogens with zero attached hydrogens (tertiary/aromatic N) is 2. The lowest BCUT2D eigenvalue weighted by atomic mass is 9.99. The molecule has 7 heteroatoms. The summed E-state index contributed by atoms with van der Waals surface area (Å²) in [5, 5.41) is 19.6. The van der Waals surface area contributed by atoms with Gasteiger partial charge in [-0.3, -0.25) is 0 Å². The Morgan fingerprint density at radius 3 is 3.05 bits per heavy atom. The van der Waals surface area contributed by atoms with Gasteiger partial charge < -0.3 is 20.3 Å². The fourth-order valence-corrected chi connectivity index (χ4v) is 2.74. The van der Waals surface area contributed by atoms with E-state index in [1.807, 2.05) is 34.5 Å². The van der Waals surface area contributed by atoms with Crippen molar-refractivity contribution in [3.63, 3.8) is 0 Å². The van der Waals surface area contributed by atoms with Crippen LogP contribution >= 0.6 is 11.3 Å². The fraction of sp³-hybridized carbons (Fsp3) is 0.429. The van der Waals surface area contributed by atoms with Gasteiger partial charge in [-0.05, 0) is 36.2 Å². The van der Waals surface area contributed by atoms with Gasteiger partial charge in [-0.2, -0.15) is 11.3 Å². The molecule has 0 bridgehead atoms. The van der Waals surface area contributed by atoms with Crippen molar-refractivity contribution in [1.82, 2.24) is 20.2 Å². The van der Waals surface area contributed by atoms with Crippen LogP contribution in [0.1, 0.15) is 19.4 Å². The number of carbonyl (C=O) groups is 1. The van der Waals surface area contributed by atoms with Crippen molar-refractivity contribution in [3.8, 4) is 0 Å². The van der Waals surface area contributed by atoms with Crippen LogP contribution < -0.4 is 10.6 Å². The van der Waals surface area contributed by atoms with Crippen LogP contribution in [0.25, 0.3) is 0 Å². The molecule has 0 radical (unpaired) electrons. The average Bonchev–Trinajstić information content (AvgIpc) is 3.09. The molecule has 3 N–H and O–H groups in total. The molecule has 0 aliphatic heterocycles. The number of nitrogens with one attached hydrogen (secondary N) is 2. The second-order valence-electron chi connectivity index (χ2n) is 5.27. The molecule has 0 spiro atoms. The smallest absolute Gasteiger partial charge is 0.315 e. The van der Waals surface area contributed by atoms with E-state index in [1.54, 1.807) is 19.4 Å². The highest BCUT2D eigenvalue weighted by molar-refractivity contribution is 7.08. The maximum Gasteiger partial charge on any atom is 0.315 e. The number of hydrogen-bond acceptors (Lipinski definition) is 4. The van der Waals surface area contributed by atoms with Gasteiger partial charge >= 0.3 is 6.03 Å².